The fraction of sp³-hybridized carbons (Fsp3) is 0.105. The van der Waals surface area contributed by atoms with E-state index in [4.69, 9.17) is 0 Å². The molecule has 1 amide bonds. The Bertz CT molecular complexity index is 967. The summed E-state index contributed by atoms with van der Waals surface area (Å²) in [6.07, 6.45) is 1.28. The lowest BCUT2D eigenvalue weighted by molar-refractivity contribution is -0.121. The third-order valence-corrected chi connectivity index (χ3v) is 3.74. The van der Waals surface area contributed by atoms with Crippen LogP contribution in [0, 0.1) is 11.6 Å². The van der Waals surface area contributed by atoms with E-state index < -0.39 is 5.56 Å². The van der Waals surface area contributed by atoms with Crippen LogP contribution in [0.2, 0.25) is 0 Å². The van der Waals surface area contributed by atoms with Gasteiger partial charge in [-0.05, 0) is 42.0 Å². The second-order valence-electron chi connectivity index (χ2n) is 5.65. The molecule has 3 rings (SSSR count). The van der Waals surface area contributed by atoms with Crippen LogP contribution >= 0.6 is 0 Å². The molecule has 0 unspecified atom stereocenters. The van der Waals surface area contributed by atoms with Gasteiger partial charge in [0.25, 0.3) is 5.56 Å². The third-order valence-electron chi connectivity index (χ3n) is 3.74. The Morgan fingerprint density at radius 3 is 2.23 bits per heavy atom. The number of nitrogens with one attached hydrogen (secondary N) is 1. The topological polar surface area (TPSA) is 64.0 Å². The number of aromatic nitrogens is 2. The molecule has 0 saturated heterocycles. The second-order valence-corrected chi connectivity index (χ2v) is 5.65. The van der Waals surface area contributed by atoms with Gasteiger partial charge in [0.1, 0.15) is 18.2 Å². The highest BCUT2D eigenvalue weighted by molar-refractivity contribution is 5.75. The van der Waals surface area contributed by atoms with Gasteiger partial charge in [-0.1, -0.05) is 12.1 Å². The lowest BCUT2D eigenvalue weighted by Crippen LogP contribution is -2.31. The van der Waals surface area contributed by atoms with Gasteiger partial charge in [-0.2, -0.15) is 0 Å². The van der Waals surface area contributed by atoms with Crippen molar-refractivity contribution in [3.63, 3.8) is 0 Å². The van der Waals surface area contributed by atoms with Crippen LogP contribution in [0.3, 0.4) is 0 Å². The van der Waals surface area contributed by atoms with Crippen LogP contribution in [-0.4, -0.2) is 15.5 Å². The number of benzene rings is 2. The SMILES string of the molecule is O=C(Cn1cnc(-c2ccc(F)cc2)cc1=O)NCc1ccc(F)cc1. The summed E-state index contributed by atoms with van der Waals surface area (Å²) in [5, 5.41) is 2.66. The van der Waals surface area contributed by atoms with Gasteiger partial charge in [-0.25, -0.2) is 13.8 Å². The molecule has 2 aromatic carbocycles. The first-order valence-electron chi connectivity index (χ1n) is 7.85. The number of hydrogen-bond acceptors (Lipinski definition) is 3. The molecule has 0 aliphatic heterocycles. The van der Waals surface area contributed by atoms with Crippen molar-refractivity contribution in [1.82, 2.24) is 14.9 Å². The van der Waals surface area contributed by atoms with Gasteiger partial charge in [0.15, 0.2) is 0 Å². The zero-order valence-corrected chi connectivity index (χ0v) is 13.7. The Balaban J connectivity index is 1.64. The van der Waals surface area contributed by atoms with Crippen molar-refractivity contribution < 1.29 is 13.6 Å². The molecule has 0 saturated carbocycles. The van der Waals surface area contributed by atoms with Crippen molar-refractivity contribution in [1.29, 1.82) is 0 Å². The molecule has 3 aromatic rings. The highest BCUT2D eigenvalue weighted by Crippen LogP contribution is 2.14. The number of amides is 1. The predicted octanol–water partition coefficient (Wildman–Crippen LogP) is 2.50. The highest BCUT2D eigenvalue weighted by atomic mass is 19.1. The van der Waals surface area contributed by atoms with Gasteiger partial charge < -0.3 is 5.32 Å². The molecule has 26 heavy (non-hydrogen) atoms. The van der Waals surface area contributed by atoms with E-state index in [1.807, 2.05) is 0 Å². The van der Waals surface area contributed by atoms with E-state index in [1.165, 1.54) is 53.4 Å². The Kier molecular flexibility index (Phi) is 5.17. The van der Waals surface area contributed by atoms with Gasteiger partial charge in [0.2, 0.25) is 5.91 Å². The molecule has 0 fully saturated rings. The van der Waals surface area contributed by atoms with E-state index in [-0.39, 0.29) is 30.6 Å². The minimum atomic E-state index is -0.392. The van der Waals surface area contributed by atoms with E-state index in [2.05, 4.69) is 10.3 Å². The molecule has 0 atom stereocenters. The molecule has 0 aliphatic carbocycles. The molecule has 1 N–H and O–H groups in total. The average Bonchev–Trinajstić information content (AvgIpc) is 2.63. The van der Waals surface area contributed by atoms with Crippen molar-refractivity contribution in [2.45, 2.75) is 13.1 Å². The maximum atomic E-state index is 13.0. The zero-order valence-electron chi connectivity index (χ0n) is 13.7. The number of hydrogen-bond donors (Lipinski definition) is 1. The highest BCUT2D eigenvalue weighted by Gasteiger charge is 2.07. The first-order chi connectivity index (χ1) is 12.5. The van der Waals surface area contributed by atoms with Gasteiger partial charge in [0.05, 0.1) is 12.0 Å². The lowest BCUT2D eigenvalue weighted by Gasteiger charge is -2.08. The predicted molar refractivity (Wildman–Crippen MR) is 92.1 cm³/mol. The molecular weight excluding hydrogens is 340 g/mol. The minimum absolute atomic E-state index is 0.184. The van der Waals surface area contributed by atoms with Crippen LogP contribution in [0.15, 0.2) is 65.7 Å². The first-order valence-corrected chi connectivity index (χ1v) is 7.85. The van der Waals surface area contributed by atoms with Crippen LogP contribution < -0.4 is 10.9 Å². The van der Waals surface area contributed by atoms with Crippen LogP contribution in [0.1, 0.15) is 5.56 Å². The molecule has 0 bridgehead atoms. The fourth-order valence-corrected chi connectivity index (χ4v) is 2.34. The number of carbonyl (C=O) groups excluding carboxylic acids is 1. The molecule has 132 valence electrons. The monoisotopic (exact) mass is 355 g/mol. The van der Waals surface area contributed by atoms with Crippen molar-refractivity contribution in [3.8, 4) is 11.3 Å². The van der Waals surface area contributed by atoms with Crippen LogP contribution in [0.4, 0.5) is 8.78 Å². The van der Waals surface area contributed by atoms with E-state index in [0.717, 1.165) is 5.56 Å². The maximum Gasteiger partial charge on any atom is 0.254 e. The molecule has 5 nitrogen and oxygen atoms in total. The van der Waals surface area contributed by atoms with E-state index in [9.17, 15) is 18.4 Å². The summed E-state index contributed by atoms with van der Waals surface area (Å²) < 4.78 is 27.0. The Morgan fingerprint density at radius 2 is 1.62 bits per heavy atom. The van der Waals surface area contributed by atoms with E-state index in [0.29, 0.717) is 11.3 Å². The largest absolute Gasteiger partial charge is 0.350 e. The van der Waals surface area contributed by atoms with Gasteiger partial charge in [-0.3, -0.25) is 14.2 Å². The molecular formula is C19H15F2N3O2. The van der Waals surface area contributed by atoms with Gasteiger partial charge >= 0.3 is 0 Å². The summed E-state index contributed by atoms with van der Waals surface area (Å²) >= 11 is 0. The van der Waals surface area contributed by atoms with Crippen LogP contribution in [0.5, 0.6) is 0 Å². The summed E-state index contributed by atoms with van der Waals surface area (Å²) in [4.78, 5) is 28.3. The van der Waals surface area contributed by atoms with Crippen LogP contribution in [-0.2, 0) is 17.9 Å². The average molecular weight is 355 g/mol. The Morgan fingerprint density at radius 1 is 1.00 bits per heavy atom. The quantitative estimate of drug-likeness (QED) is 0.765. The summed E-state index contributed by atoms with van der Waals surface area (Å²) in [7, 11) is 0. The maximum absolute atomic E-state index is 13.0. The second kappa shape index (κ2) is 7.69. The Labute approximate surface area is 147 Å². The normalized spacial score (nSPS) is 10.5. The molecule has 0 spiro atoms. The number of carbonyl (C=O) groups is 1. The molecule has 7 heteroatoms. The number of rotatable bonds is 5. The number of halogens is 2. The standard InChI is InChI=1S/C19H15F2N3O2/c20-15-5-1-13(2-6-15)10-22-18(25)11-24-12-23-17(9-19(24)26)14-3-7-16(21)8-4-14/h1-9,12H,10-11H2,(H,22,25). The zero-order chi connectivity index (χ0) is 18.5. The molecule has 1 heterocycles. The van der Waals surface area contributed by atoms with Crippen molar-refractivity contribution in [3.05, 3.63) is 88.5 Å². The van der Waals surface area contributed by atoms with Gasteiger partial charge in [0, 0.05) is 18.2 Å². The lowest BCUT2D eigenvalue weighted by atomic mass is 10.1. The fourth-order valence-electron chi connectivity index (χ4n) is 2.34. The summed E-state index contributed by atoms with van der Waals surface area (Å²) in [5.74, 6) is -1.09. The molecule has 0 aliphatic rings. The third kappa shape index (κ3) is 4.38. The van der Waals surface area contributed by atoms with E-state index in [1.54, 1.807) is 12.1 Å². The van der Waals surface area contributed by atoms with Crippen LogP contribution in [0.25, 0.3) is 11.3 Å². The molecule has 0 radical (unpaired) electrons. The Hall–Kier alpha value is -3.35. The van der Waals surface area contributed by atoms with Gasteiger partial charge in [-0.15, -0.1) is 0 Å². The van der Waals surface area contributed by atoms with Crippen molar-refractivity contribution in [2.24, 2.45) is 0 Å². The summed E-state index contributed by atoms with van der Waals surface area (Å²) in [6.45, 7) is 0.0473. The van der Waals surface area contributed by atoms with E-state index >= 15 is 0 Å². The minimum Gasteiger partial charge on any atom is -0.350 e. The van der Waals surface area contributed by atoms with Crippen molar-refractivity contribution in [2.75, 3.05) is 0 Å². The van der Waals surface area contributed by atoms with Crippen molar-refractivity contribution >= 4 is 5.91 Å². The first kappa shape index (κ1) is 17.5. The summed E-state index contributed by atoms with van der Waals surface area (Å²) in [5.41, 5.74) is 1.36. The smallest absolute Gasteiger partial charge is 0.254 e. The molecule has 1 aromatic heterocycles. The summed E-state index contributed by atoms with van der Waals surface area (Å²) in [6, 6.07) is 12.7. The number of nitrogens with zero attached hydrogens (tertiary/aromatic N) is 2.